The predicted molar refractivity (Wildman–Crippen MR) is 103 cm³/mol. The Morgan fingerprint density at radius 2 is 1.92 bits per heavy atom. The largest absolute Gasteiger partial charge is 0.497 e. The van der Waals surface area contributed by atoms with Crippen LogP contribution >= 0.6 is 11.6 Å². The van der Waals surface area contributed by atoms with Crippen molar-refractivity contribution in [3.8, 4) is 17.2 Å². The Hall–Kier alpha value is -2.66. The molecule has 1 aliphatic heterocycles. The van der Waals surface area contributed by atoms with Gasteiger partial charge in [-0.05, 0) is 42.3 Å². The van der Waals surface area contributed by atoms with Gasteiger partial charge in [0.25, 0.3) is 0 Å². The van der Waals surface area contributed by atoms with Crippen molar-refractivity contribution >= 4 is 17.4 Å². The van der Waals surface area contributed by atoms with Gasteiger partial charge >= 0.3 is 0 Å². The monoisotopic (exact) mass is 369 g/mol. The second kappa shape index (κ2) is 6.92. The first-order valence-corrected chi connectivity index (χ1v) is 8.89. The van der Waals surface area contributed by atoms with Crippen LogP contribution in [0.25, 0.3) is 5.69 Å². The minimum absolute atomic E-state index is 0.653. The molecule has 0 saturated heterocycles. The highest BCUT2D eigenvalue weighted by Crippen LogP contribution is 2.34. The number of rotatable bonds is 5. The standard InChI is InChI=1S/C20H20ClN3O2/c1-25-15-6-3-13(4-7-15)11-17-16-9-10-22-20(16)24(23-17)18-12-14(21)5-8-19(18)26-2/h3-8,12,22H,9-11H2,1-2H3. The number of halogens is 1. The lowest BCUT2D eigenvalue weighted by molar-refractivity contribution is 0.412. The molecule has 1 aliphatic rings. The molecule has 134 valence electrons. The van der Waals surface area contributed by atoms with Crippen LogP contribution in [0.4, 0.5) is 5.82 Å². The van der Waals surface area contributed by atoms with Crippen LogP contribution < -0.4 is 14.8 Å². The third-order valence-electron chi connectivity index (χ3n) is 4.63. The lowest BCUT2D eigenvalue weighted by atomic mass is 10.1. The Labute approximate surface area is 157 Å². The summed E-state index contributed by atoms with van der Waals surface area (Å²) in [7, 11) is 3.33. The number of nitrogens with zero attached hydrogens (tertiary/aromatic N) is 2. The lowest BCUT2D eigenvalue weighted by Crippen LogP contribution is -2.06. The average Bonchev–Trinajstić information content (AvgIpc) is 3.26. The van der Waals surface area contributed by atoms with E-state index in [4.69, 9.17) is 26.2 Å². The maximum Gasteiger partial charge on any atom is 0.144 e. The zero-order chi connectivity index (χ0) is 18.1. The molecule has 0 radical (unpaired) electrons. The fraction of sp³-hybridized carbons (Fsp3) is 0.250. The van der Waals surface area contributed by atoms with Gasteiger partial charge in [0, 0.05) is 23.6 Å². The van der Waals surface area contributed by atoms with E-state index in [1.807, 2.05) is 35.0 Å². The van der Waals surface area contributed by atoms with E-state index in [0.717, 1.165) is 48.1 Å². The zero-order valence-electron chi connectivity index (χ0n) is 14.8. The van der Waals surface area contributed by atoms with Crippen LogP contribution in [-0.2, 0) is 12.8 Å². The first-order chi connectivity index (χ1) is 12.7. The molecule has 1 N–H and O–H groups in total. The van der Waals surface area contributed by atoms with E-state index < -0.39 is 0 Å². The molecule has 5 nitrogen and oxygen atoms in total. The molecule has 0 saturated carbocycles. The van der Waals surface area contributed by atoms with Crippen LogP contribution in [0.2, 0.25) is 5.02 Å². The first kappa shape index (κ1) is 16.8. The number of hydrogen-bond acceptors (Lipinski definition) is 4. The molecule has 0 unspecified atom stereocenters. The van der Waals surface area contributed by atoms with E-state index in [2.05, 4.69) is 17.4 Å². The fourth-order valence-electron chi connectivity index (χ4n) is 3.33. The molecule has 3 aromatic rings. The van der Waals surface area contributed by atoms with Crippen molar-refractivity contribution < 1.29 is 9.47 Å². The Balaban J connectivity index is 1.74. The lowest BCUT2D eigenvalue weighted by Gasteiger charge is -2.11. The van der Waals surface area contributed by atoms with Gasteiger partial charge in [-0.2, -0.15) is 5.10 Å². The number of fused-ring (bicyclic) bond motifs is 1. The summed E-state index contributed by atoms with van der Waals surface area (Å²) in [5.41, 5.74) is 4.36. The molecule has 2 heterocycles. The van der Waals surface area contributed by atoms with E-state index in [1.165, 1.54) is 11.1 Å². The average molecular weight is 370 g/mol. The van der Waals surface area contributed by atoms with E-state index in [1.54, 1.807) is 14.2 Å². The van der Waals surface area contributed by atoms with Crippen molar-refractivity contribution in [1.29, 1.82) is 0 Å². The van der Waals surface area contributed by atoms with E-state index in [0.29, 0.717) is 5.02 Å². The molecule has 0 aliphatic carbocycles. The zero-order valence-corrected chi connectivity index (χ0v) is 15.5. The van der Waals surface area contributed by atoms with Crippen LogP contribution in [0.3, 0.4) is 0 Å². The molecule has 4 rings (SSSR count). The van der Waals surface area contributed by atoms with Crippen molar-refractivity contribution in [1.82, 2.24) is 9.78 Å². The SMILES string of the molecule is COc1ccc(Cc2nn(-c3cc(Cl)ccc3OC)c3c2CCN3)cc1. The molecule has 0 amide bonds. The molecule has 0 spiro atoms. The van der Waals surface area contributed by atoms with Gasteiger partial charge in [-0.3, -0.25) is 0 Å². The minimum atomic E-state index is 0.653. The first-order valence-electron chi connectivity index (χ1n) is 8.51. The highest BCUT2D eigenvalue weighted by molar-refractivity contribution is 6.30. The fourth-order valence-corrected chi connectivity index (χ4v) is 3.49. The number of benzene rings is 2. The highest BCUT2D eigenvalue weighted by atomic mass is 35.5. The normalized spacial score (nSPS) is 12.6. The quantitative estimate of drug-likeness (QED) is 0.735. The van der Waals surface area contributed by atoms with Gasteiger partial charge in [-0.1, -0.05) is 23.7 Å². The number of aromatic nitrogens is 2. The van der Waals surface area contributed by atoms with Crippen molar-refractivity contribution in [2.24, 2.45) is 0 Å². The van der Waals surface area contributed by atoms with Gasteiger partial charge in [0.15, 0.2) is 0 Å². The third kappa shape index (κ3) is 2.99. The number of nitrogens with one attached hydrogen (secondary N) is 1. The topological polar surface area (TPSA) is 48.3 Å². The van der Waals surface area contributed by atoms with Crippen LogP contribution in [0.5, 0.6) is 11.5 Å². The van der Waals surface area contributed by atoms with Crippen molar-refractivity contribution in [2.75, 3.05) is 26.1 Å². The van der Waals surface area contributed by atoms with Crippen molar-refractivity contribution in [2.45, 2.75) is 12.8 Å². The molecule has 1 aromatic heterocycles. The third-order valence-corrected chi connectivity index (χ3v) is 4.87. The molecule has 2 aromatic carbocycles. The highest BCUT2D eigenvalue weighted by Gasteiger charge is 2.24. The Kier molecular flexibility index (Phi) is 4.47. The van der Waals surface area contributed by atoms with Gasteiger partial charge in [0.2, 0.25) is 0 Å². The van der Waals surface area contributed by atoms with E-state index >= 15 is 0 Å². The Morgan fingerprint density at radius 3 is 2.65 bits per heavy atom. The van der Waals surface area contributed by atoms with Crippen LogP contribution in [0.1, 0.15) is 16.8 Å². The number of anilines is 1. The van der Waals surface area contributed by atoms with Crippen molar-refractivity contribution in [3.63, 3.8) is 0 Å². The van der Waals surface area contributed by atoms with E-state index in [-0.39, 0.29) is 0 Å². The summed E-state index contributed by atoms with van der Waals surface area (Å²) >= 11 is 6.21. The second-order valence-electron chi connectivity index (χ2n) is 6.20. The van der Waals surface area contributed by atoms with Crippen LogP contribution in [0.15, 0.2) is 42.5 Å². The Bertz CT molecular complexity index is 935. The van der Waals surface area contributed by atoms with Gasteiger partial charge in [0.1, 0.15) is 23.0 Å². The maximum atomic E-state index is 6.21. The second-order valence-corrected chi connectivity index (χ2v) is 6.64. The minimum Gasteiger partial charge on any atom is -0.497 e. The molecule has 0 bridgehead atoms. The summed E-state index contributed by atoms with van der Waals surface area (Å²) in [5.74, 6) is 2.62. The predicted octanol–water partition coefficient (Wildman–Crippen LogP) is 4.10. The molecular formula is C20H20ClN3O2. The number of ether oxygens (including phenoxy) is 2. The van der Waals surface area contributed by atoms with E-state index in [9.17, 15) is 0 Å². The van der Waals surface area contributed by atoms with Gasteiger partial charge in [-0.15, -0.1) is 0 Å². The number of methoxy groups -OCH3 is 2. The summed E-state index contributed by atoms with van der Waals surface area (Å²) in [5, 5.41) is 8.97. The van der Waals surface area contributed by atoms with Crippen LogP contribution in [-0.4, -0.2) is 30.5 Å². The summed E-state index contributed by atoms with van der Waals surface area (Å²) < 4.78 is 12.7. The Morgan fingerprint density at radius 1 is 1.12 bits per heavy atom. The summed E-state index contributed by atoms with van der Waals surface area (Å²) in [4.78, 5) is 0. The summed E-state index contributed by atoms with van der Waals surface area (Å²) in [6.07, 6.45) is 1.73. The van der Waals surface area contributed by atoms with Gasteiger partial charge in [-0.25, -0.2) is 4.68 Å². The molecular weight excluding hydrogens is 350 g/mol. The van der Waals surface area contributed by atoms with Crippen LogP contribution in [0, 0.1) is 0 Å². The molecule has 0 fully saturated rings. The van der Waals surface area contributed by atoms with Gasteiger partial charge < -0.3 is 14.8 Å². The molecule has 6 heteroatoms. The molecule has 0 atom stereocenters. The van der Waals surface area contributed by atoms with Gasteiger partial charge in [0.05, 0.1) is 19.9 Å². The molecule has 26 heavy (non-hydrogen) atoms. The smallest absolute Gasteiger partial charge is 0.144 e. The summed E-state index contributed by atoms with van der Waals surface area (Å²) in [6.45, 7) is 0.908. The van der Waals surface area contributed by atoms with Crippen molar-refractivity contribution in [3.05, 3.63) is 64.3 Å². The maximum absolute atomic E-state index is 6.21. The number of hydrogen-bond donors (Lipinski definition) is 1. The summed E-state index contributed by atoms with van der Waals surface area (Å²) in [6, 6.07) is 13.7.